The summed E-state index contributed by atoms with van der Waals surface area (Å²) in [6.07, 6.45) is 10.5. The predicted octanol–water partition coefficient (Wildman–Crippen LogP) is 2.32. The summed E-state index contributed by atoms with van der Waals surface area (Å²) in [6.45, 7) is 3.60. The predicted molar refractivity (Wildman–Crippen MR) is 84.2 cm³/mol. The summed E-state index contributed by atoms with van der Waals surface area (Å²) < 4.78 is 1.73. The van der Waals surface area contributed by atoms with Crippen molar-refractivity contribution in [2.75, 3.05) is 13.1 Å². The van der Waals surface area contributed by atoms with Crippen LogP contribution in [-0.4, -0.2) is 38.7 Å². The molecule has 1 aliphatic heterocycles. The Morgan fingerprint density at radius 1 is 1.32 bits per heavy atom. The van der Waals surface area contributed by atoms with Crippen LogP contribution in [0.1, 0.15) is 31.4 Å². The SMILES string of the molecule is C[C@@H](C(=O)N1CCC(Cc2cccnc2)CC1)n1cccn1. The van der Waals surface area contributed by atoms with Gasteiger partial charge in [-0.25, -0.2) is 0 Å². The van der Waals surface area contributed by atoms with Gasteiger partial charge in [0.25, 0.3) is 0 Å². The molecule has 116 valence electrons. The van der Waals surface area contributed by atoms with Crippen LogP contribution in [0.5, 0.6) is 0 Å². The fourth-order valence-corrected chi connectivity index (χ4v) is 3.10. The van der Waals surface area contributed by atoms with E-state index in [9.17, 15) is 4.79 Å². The third kappa shape index (κ3) is 3.35. The Hall–Kier alpha value is -2.17. The number of rotatable bonds is 4. The van der Waals surface area contributed by atoms with Gasteiger partial charge >= 0.3 is 0 Å². The average molecular weight is 298 g/mol. The molecule has 0 bridgehead atoms. The summed E-state index contributed by atoms with van der Waals surface area (Å²) in [6, 6.07) is 5.75. The molecule has 5 heteroatoms. The van der Waals surface area contributed by atoms with E-state index in [-0.39, 0.29) is 11.9 Å². The number of carbonyl (C=O) groups is 1. The summed E-state index contributed by atoms with van der Waals surface area (Å²) in [5.74, 6) is 0.816. The van der Waals surface area contributed by atoms with E-state index in [0.717, 1.165) is 32.4 Å². The van der Waals surface area contributed by atoms with Gasteiger partial charge in [0, 0.05) is 37.9 Å². The van der Waals surface area contributed by atoms with Crippen molar-refractivity contribution in [3.8, 4) is 0 Å². The maximum atomic E-state index is 12.5. The number of hydrogen-bond acceptors (Lipinski definition) is 3. The first kappa shape index (κ1) is 14.8. The minimum atomic E-state index is -0.218. The van der Waals surface area contributed by atoms with Crippen molar-refractivity contribution in [2.45, 2.75) is 32.2 Å². The molecule has 1 atom stereocenters. The Balaban J connectivity index is 1.52. The highest BCUT2D eigenvalue weighted by Gasteiger charge is 2.27. The number of nitrogens with zero attached hydrogens (tertiary/aromatic N) is 4. The molecular weight excluding hydrogens is 276 g/mol. The molecule has 1 amide bonds. The van der Waals surface area contributed by atoms with Gasteiger partial charge in [-0.3, -0.25) is 14.5 Å². The Morgan fingerprint density at radius 2 is 2.14 bits per heavy atom. The monoisotopic (exact) mass is 298 g/mol. The van der Waals surface area contributed by atoms with Crippen LogP contribution < -0.4 is 0 Å². The zero-order valence-electron chi connectivity index (χ0n) is 12.9. The third-order valence-electron chi connectivity index (χ3n) is 4.45. The van der Waals surface area contributed by atoms with Gasteiger partial charge in [0.2, 0.25) is 5.91 Å². The maximum Gasteiger partial charge on any atom is 0.247 e. The van der Waals surface area contributed by atoms with Crippen LogP contribution in [-0.2, 0) is 11.2 Å². The first-order chi connectivity index (χ1) is 10.7. The molecule has 0 radical (unpaired) electrons. The number of piperidine rings is 1. The lowest BCUT2D eigenvalue weighted by Gasteiger charge is -2.33. The first-order valence-corrected chi connectivity index (χ1v) is 7.91. The van der Waals surface area contributed by atoms with Crippen molar-refractivity contribution in [2.24, 2.45) is 5.92 Å². The van der Waals surface area contributed by atoms with Crippen molar-refractivity contribution < 1.29 is 4.79 Å². The van der Waals surface area contributed by atoms with Crippen molar-refractivity contribution >= 4 is 5.91 Å². The fraction of sp³-hybridized carbons (Fsp3) is 0.471. The Kier molecular flexibility index (Phi) is 4.51. The lowest BCUT2D eigenvalue weighted by atomic mass is 9.90. The summed E-state index contributed by atoms with van der Waals surface area (Å²) in [7, 11) is 0. The summed E-state index contributed by atoms with van der Waals surface area (Å²) in [5.41, 5.74) is 1.29. The highest BCUT2D eigenvalue weighted by Crippen LogP contribution is 2.23. The number of pyridine rings is 1. The molecule has 0 aliphatic carbocycles. The molecule has 3 rings (SSSR count). The minimum absolute atomic E-state index is 0.170. The van der Waals surface area contributed by atoms with E-state index in [0.29, 0.717) is 5.92 Å². The molecule has 2 aromatic heterocycles. The van der Waals surface area contributed by atoms with Crippen LogP contribution in [0.2, 0.25) is 0 Å². The second-order valence-corrected chi connectivity index (χ2v) is 6.00. The van der Waals surface area contributed by atoms with E-state index < -0.39 is 0 Å². The molecule has 1 fully saturated rings. The normalized spacial score (nSPS) is 17.4. The quantitative estimate of drug-likeness (QED) is 0.870. The van der Waals surface area contributed by atoms with Crippen molar-refractivity contribution in [1.29, 1.82) is 0 Å². The largest absolute Gasteiger partial charge is 0.341 e. The molecule has 3 heterocycles. The highest BCUT2D eigenvalue weighted by atomic mass is 16.2. The molecular formula is C17H22N4O. The number of amides is 1. The minimum Gasteiger partial charge on any atom is -0.341 e. The lowest BCUT2D eigenvalue weighted by molar-refractivity contribution is -0.136. The zero-order valence-corrected chi connectivity index (χ0v) is 12.9. The van der Waals surface area contributed by atoms with Crippen LogP contribution in [0.3, 0.4) is 0 Å². The highest BCUT2D eigenvalue weighted by molar-refractivity contribution is 5.80. The van der Waals surface area contributed by atoms with Crippen molar-refractivity contribution in [1.82, 2.24) is 19.7 Å². The maximum absolute atomic E-state index is 12.5. The van der Waals surface area contributed by atoms with Gasteiger partial charge < -0.3 is 4.90 Å². The van der Waals surface area contributed by atoms with Crippen molar-refractivity contribution in [3.05, 3.63) is 48.5 Å². The van der Waals surface area contributed by atoms with E-state index >= 15 is 0 Å². The first-order valence-electron chi connectivity index (χ1n) is 7.91. The average Bonchev–Trinajstić information content (AvgIpc) is 3.10. The zero-order chi connectivity index (χ0) is 15.4. The molecule has 0 N–H and O–H groups in total. The van der Waals surface area contributed by atoms with Crippen molar-refractivity contribution in [3.63, 3.8) is 0 Å². The van der Waals surface area contributed by atoms with Crippen LogP contribution in [0.4, 0.5) is 0 Å². The van der Waals surface area contributed by atoms with E-state index in [2.05, 4.69) is 16.1 Å². The van der Waals surface area contributed by atoms with Gasteiger partial charge in [-0.15, -0.1) is 0 Å². The molecule has 0 spiro atoms. The van der Waals surface area contributed by atoms with Gasteiger partial charge in [0.05, 0.1) is 0 Å². The second-order valence-electron chi connectivity index (χ2n) is 6.00. The number of likely N-dealkylation sites (tertiary alicyclic amines) is 1. The van der Waals surface area contributed by atoms with Gasteiger partial charge in [0.1, 0.15) is 6.04 Å². The molecule has 0 saturated carbocycles. The Morgan fingerprint density at radius 3 is 2.77 bits per heavy atom. The Labute approximate surface area is 131 Å². The second kappa shape index (κ2) is 6.73. The van der Waals surface area contributed by atoms with Crippen LogP contribution in [0.25, 0.3) is 0 Å². The van der Waals surface area contributed by atoms with Gasteiger partial charge in [-0.05, 0) is 49.8 Å². The van der Waals surface area contributed by atoms with Gasteiger partial charge in [0.15, 0.2) is 0 Å². The topological polar surface area (TPSA) is 51.0 Å². The number of carbonyl (C=O) groups excluding carboxylic acids is 1. The van der Waals surface area contributed by atoms with Crippen LogP contribution >= 0.6 is 0 Å². The lowest BCUT2D eigenvalue weighted by Crippen LogP contribution is -2.42. The summed E-state index contributed by atoms with van der Waals surface area (Å²) in [4.78, 5) is 18.7. The Bertz CT molecular complexity index is 588. The van der Waals surface area contributed by atoms with Gasteiger partial charge in [-0.1, -0.05) is 6.07 Å². The number of aromatic nitrogens is 3. The molecule has 0 unspecified atom stereocenters. The fourth-order valence-electron chi connectivity index (χ4n) is 3.10. The molecule has 2 aromatic rings. The van der Waals surface area contributed by atoms with Crippen LogP contribution in [0.15, 0.2) is 43.0 Å². The molecule has 5 nitrogen and oxygen atoms in total. The molecule has 1 saturated heterocycles. The van der Waals surface area contributed by atoms with E-state index in [4.69, 9.17) is 0 Å². The molecule has 1 aliphatic rings. The van der Waals surface area contributed by atoms with Gasteiger partial charge in [-0.2, -0.15) is 5.10 Å². The smallest absolute Gasteiger partial charge is 0.247 e. The molecule has 22 heavy (non-hydrogen) atoms. The standard InChI is InChI=1S/C17H22N4O/c1-14(21-9-3-8-19-21)17(22)20-10-5-15(6-11-20)12-16-4-2-7-18-13-16/h2-4,7-9,13-15H,5-6,10-12H2,1H3/t14-/m0/s1. The van der Waals surface area contributed by atoms with E-state index in [1.165, 1.54) is 5.56 Å². The summed E-state index contributed by atoms with van der Waals surface area (Å²) >= 11 is 0. The third-order valence-corrected chi connectivity index (χ3v) is 4.45. The van der Waals surface area contributed by atoms with E-state index in [1.54, 1.807) is 17.1 Å². The van der Waals surface area contributed by atoms with E-state index in [1.807, 2.05) is 36.4 Å². The summed E-state index contributed by atoms with van der Waals surface area (Å²) in [5, 5.41) is 4.17. The van der Waals surface area contributed by atoms with Crippen LogP contribution in [0, 0.1) is 5.92 Å². The molecule has 0 aromatic carbocycles. The number of hydrogen-bond donors (Lipinski definition) is 0.